The van der Waals surface area contributed by atoms with Crippen molar-refractivity contribution in [2.24, 2.45) is 0 Å². The summed E-state index contributed by atoms with van der Waals surface area (Å²) < 4.78 is -1.79. The van der Waals surface area contributed by atoms with E-state index in [1.165, 1.54) is 0 Å². The summed E-state index contributed by atoms with van der Waals surface area (Å²) in [4.78, 5) is 2.18. The summed E-state index contributed by atoms with van der Waals surface area (Å²) in [5.74, 6) is 0.962. The molecule has 0 aromatic heterocycles. The molecule has 2 aromatic rings. The molecule has 2 nitrogen and oxygen atoms in total. The normalized spacial score (nSPS) is 10.7. The Morgan fingerprint density at radius 3 is 1.57 bits per heavy atom. The van der Waals surface area contributed by atoms with E-state index in [1.54, 1.807) is 22.8 Å². The second-order valence-electron chi connectivity index (χ2n) is 4.32. The monoisotopic (exact) mass is 392 g/mol. The second-order valence-corrected chi connectivity index (χ2v) is 20.0. The first-order valence-electron chi connectivity index (χ1n) is 6.72. The average Bonchev–Trinajstić information content (AvgIpc) is 2.56. The Morgan fingerprint density at radius 2 is 1.26 bits per heavy atom. The Labute approximate surface area is 153 Å². The van der Waals surface area contributed by atoms with E-state index in [1.807, 2.05) is 59.9 Å². The van der Waals surface area contributed by atoms with E-state index in [0.29, 0.717) is 11.1 Å². The second kappa shape index (κ2) is 8.83. The lowest BCUT2D eigenvalue weighted by Crippen LogP contribution is -1.77. The fourth-order valence-electron chi connectivity index (χ4n) is 1.67. The molecule has 116 valence electrons. The summed E-state index contributed by atoms with van der Waals surface area (Å²) in [6, 6.07) is 19.4. The summed E-state index contributed by atoms with van der Waals surface area (Å²) in [5.41, 5.74) is 1.32. The van der Waals surface area contributed by atoms with Crippen molar-refractivity contribution in [3.05, 3.63) is 59.7 Å². The van der Waals surface area contributed by atoms with Crippen LogP contribution in [-0.2, 0) is 11.8 Å². The maximum atomic E-state index is 8.88. The third-order valence-electron chi connectivity index (χ3n) is 2.69. The molecule has 0 aliphatic carbocycles. The highest BCUT2D eigenvalue weighted by Gasteiger charge is 2.21. The minimum Gasteiger partial charge on any atom is -0.192 e. The molecule has 0 N–H and O–H groups in total. The van der Waals surface area contributed by atoms with Gasteiger partial charge in [0.15, 0.2) is 0 Å². The quantitative estimate of drug-likeness (QED) is 0.538. The molecule has 0 atom stereocenters. The van der Waals surface area contributed by atoms with Crippen molar-refractivity contribution in [3.63, 3.8) is 0 Å². The SMILES string of the molecule is CCSP(=S)(Sc1ccc(C#N)cc1)Sc1ccc(C#N)cc1. The molecular formula is C16H13N2PS4. The maximum absolute atomic E-state index is 8.88. The summed E-state index contributed by atoms with van der Waals surface area (Å²) in [5, 5.41) is 17.8. The number of nitriles is 2. The fraction of sp³-hybridized carbons (Fsp3) is 0.125. The zero-order valence-electron chi connectivity index (χ0n) is 12.3. The van der Waals surface area contributed by atoms with E-state index in [0.717, 1.165) is 15.5 Å². The minimum absolute atomic E-state index is 0.658. The van der Waals surface area contributed by atoms with Gasteiger partial charge in [0.05, 0.1) is 23.3 Å². The molecule has 0 unspecified atom stereocenters. The van der Waals surface area contributed by atoms with Gasteiger partial charge in [0.1, 0.15) is 3.64 Å². The number of rotatable bonds is 6. The smallest absolute Gasteiger partial charge is 0.118 e. The predicted octanol–water partition coefficient (Wildman–Crippen LogP) is 6.29. The van der Waals surface area contributed by atoms with Crippen molar-refractivity contribution < 1.29 is 0 Å². The minimum atomic E-state index is -1.79. The Bertz CT molecular complexity index is 725. The van der Waals surface area contributed by atoms with Crippen LogP contribution < -0.4 is 0 Å². The molecule has 0 bridgehead atoms. The van der Waals surface area contributed by atoms with Crippen LogP contribution in [0.3, 0.4) is 0 Å². The lowest BCUT2D eigenvalue weighted by Gasteiger charge is -2.19. The molecular weight excluding hydrogens is 379 g/mol. The van der Waals surface area contributed by atoms with Gasteiger partial charge in [0.2, 0.25) is 0 Å². The van der Waals surface area contributed by atoms with Gasteiger partial charge in [0, 0.05) is 9.79 Å². The van der Waals surface area contributed by atoms with Crippen LogP contribution in [0.2, 0.25) is 0 Å². The highest BCUT2D eigenvalue weighted by atomic mass is 33.5. The van der Waals surface area contributed by atoms with Crippen molar-refractivity contribution in [1.29, 1.82) is 10.5 Å². The zero-order valence-corrected chi connectivity index (χ0v) is 16.5. The summed E-state index contributed by atoms with van der Waals surface area (Å²) in [6.07, 6.45) is 0. The van der Waals surface area contributed by atoms with Crippen LogP contribution in [-0.4, -0.2) is 5.75 Å². The van der Waals surface area contributed by atoms with Crippen LogP contribution in [0.5, 0.6) is 0 Å². The first-order valence-corrected chi connectivity index (χ1v) is 14.0. The predicted molar refractivity (Wildman–Crippen MR) is 106 cm³/mol. The van der Waals surface area contributed by atoms with Gasteiger partial charge in [-0.3, -0.25) is 0 Å². The molecule has 0 spiro atoms. The van der Waals surface area contributed by atoms with Crippen molar-refractivity contribution >= 4 is 49.6 Å². The van der Waals surface area contributed by atoms with Crippen LogP contribution in [0.1, 0.15) is 18.1 Å². The fourth-order valence-corrected chi connectivity index (χ4v) is 15.6. The van der Waals surface area contributed by atoms with E-state index in [9.17, 15) is 0 Å². The summed E-state index contributed by atoms with van der Waals surface area (Å²) in [6.45, 7) is 2.12. The van der Waals surface area contributed by atoms with Gasteiger partial charge in [-0.25, -0.2) is 0 Å². The summed E-state index contributed by atoms with van der Waals surface area (Å²) >= 11 is 11.2. The molecule has 0 saturated heterocycles. The molecule has 0 radical (unpaired) electrons. The van der Waals surface area contributed by atoms with E-state index in [4.69, 9.17) is 22.3 Å². The van der Waals surface area contributed by atoms with Crippen molar-refractivity contribution in [2.45, 2.75) is 16.7 Å². The largest absolute Gasteiger partial charge is 0.192 e. The van der Waals surface area contributed by atoms with E-state index >= 15 is 0 Å². The highest BCUT2D eigenvalue weighted by Crippen LogP contribution is 2.81. The molecule has 2 aromatic carbocycles. The molecule has 2 rings (SSSR count). The molecule has 7 heteroatoms. The number of benzene rings is 2. The average molecular weight is 393 g/mol. The van der Waals surface area contributed by atoms with Crippen LogP contribution in [0, 0.1) is 22.7 Å². The van der Waals surface area contributed by atoms with Crippen LogP contribution in [0.25, 0.3) is 0 Å². The molecule has 0 aliphatic rings. The van der Waals surface area contributed by atoms with Crippen molar-refractivity contribution in [3.8, 4) is 12.1 Å². The van der Waals surface area contributed by atoms with E-state index in [-0.39, 0.29) is 0 Å². The Balaban J connectivity index is 2.18. The Hall–Kier alpha value is -0.880. The topological polar surface area (TPSA) is 47.6 Å². The van der Waals surface area contributed by atoms with Crippen LogP contribution >= 0.6 is 37.8 Å². The number of nitrogens with zero attached hydrogens (tertiary/aromatic N) is 2. The first kappa shape index (κ1) is 18.5. The zero-order chi connectivity index (χ0) is 16.7. The maximum Gasteiger partial charge on any atom is 0.118 e. The Kier molecular flexibility index (Phi) is 7.09. The molecule has 0 amide bonds. The van der Waals surface area contributed by atoms with E-state index in [2.05, 4.69) is 19.1 Å². The van der Waals surface area contributed by atoms with Crippen molar-refractivity contribution in [1.82, 2.24) is 0 Å². The standard InChI is InChI=1S/C16H13N2PS4/c1-2-21-19(20,22-15-7-3-13(11-17)4-8-15)23-16-9-5-14(12-18)6-10-16/h3-10H,2H2,1H3. The van der Waals surface area contributed by atoms with Gasteiger partial charge in [-0.2, -0.15) is 10.5 Å². The van der Waals surface area contributed by atoms with Crippen LogP contribution in [0.15, 0.2) is 58.3 Å². The van der Waals surface area contributed by atoms with Gasteiger partial charge in [0.25, 0.3) is 0 Å². The Morgan fingerprint density at radius 1 is 0.870 bits per heavy atom. The molecule has 0 saturated carbocycles. The van der Waals surface area contributed by atoms with Crippen molar-refractivity contribution in [2.75, 3.05) is 5.75 Å². The van der Waals surface area contributed by atoms with Gasteiger partial charge >= 0.3 is 0 Å². The number of hydrogen-bond donors (Lipinski definition) is 0. The molecule has 0 fully saturated rings. The third kappa shape index (κ3) is 5.60. The third-order valence-corrected chi connectivity index (χ3v) is 15.9. The van der Waals surface area contributed by atoms with Crippen LogP contribution in [0.4, 0.5) is 0 Å². The highest BCUT2D eigenvalue weighted by molar-refractivity contribution is 9.23. The van der Waals surface area contributed by atoms with Gasteiger partial charge in [-0.05, 0) is 54.3 Å². The van der Waals surface area contributed by atoms with Gasteiger partial charge in [-0.1, -0.05) is 41.5 Å². The lowest BCUT2D eigenvalue weighted by atomic mass is 10.2. The molecule has 0 aliphatic heterocycles. The van der Waals surface area contributed by atoms with Gasteiger partial charge < -0.3 is 0 Å². The first-order chi connectivity index (χ1) is 11.1. The molecule has 0 heterocycles. The van der Waals surface area contributed by atoms with E-state index < -0.39 is 3.64 Å². The number of hydrogen-bond acceptors (Lipinski definition) is 6. The lowest BCUT2D eigenvalue weighted by molar-refractivity contribution is 1.42. The molecule has 23 heavy (non-hydrogen) atoms. The van der Waals surface area contributed by atoms with Gasteiger partial charge in [-0.15, -0.1) is 11.4 Å². The summed E-state index contributed by atoms with van der Waals surface area (Å²) in [7, 11) is 0.